The van der Waals surface area contributed by atoms with Crippen molar-refractivity contribution in [2.24, 2.45) is 5.92 Å². The standard InChI is InChI=1S/C8H12ClNO/c1-2-3-4-7-5-6-10(9)8(7)11/h2,7H,1,3-6H2. The second-order valence-corrected chi connectivity index (χ2v) is 3.18. The lowest BCUT2D eigenvalue weighted by atomic mass is 10.0. The molecule has 3 heteroatoms. The van der Waals surface area contributed by atoms with E-state index in [1.165, 1.54) is 4.42 Å². The molecule has 1 saturated heterocycles. The fourth-order valence-corrected chi connectivity index (χ4v) is 1.52. The maximum Gasteiger partial charge on any atom is 0.240 e. The van der Waals surface area contributed by atoms with Crippen molar-refractivity contribution in [3.63, 3.8) is 0 Å². The molecule has 1 amide bonds. The van der Waals surface area contributed by atoms with E-state index in [9.17, 15) is 4.79 Å². The van der Waals surface area contributed by atoms with Gasteiger partial charge in [-0.15, -0.1) is 6.58 Å². The third kappa shape index (κ3) is 1.96. The van der Waals surface area contributed by atoms with E-state index in [2.05, 4.69) is 6.58 Å². The Bertz CT molecular complexity index is 169. The summed E-state index contributed by atoms with van der Waals surface area (Å²) in [5, 5.41) is 0. The Labute approximate surface area is 71.9 Å². The molecule has 0 aliphatic carbocycles. The van der Waals surface area contributed by atoms with Gasteiger partial charge in [-0.3, -0.25) is 9.21 Å². The van der Waals surface area contributed by atoms with Gasteiger partial charge < -0.3 is 0 Å². The van der Waals surface area contributed by atoms with Gasteiger partial charge in [0.15, 0.2) is 0 Å². The number of carbonyl (C=O) groups is 1. The number of carbonyl (C=O) groups excluding carboxylic acids is 1. The molecule has 1 aliphatic rings. The molecule has 0 spiro atoms. The zero-order valence-corrected chi connectivity index (χ0v) is 7.18. The lowest BCUT2D eigenvalue weighted by Crippen LogP contribution is -2.17. The zero-order valence-electron chi connectivity index (χ0n) is 6.42. The highest BCUT2D eigenvalue weighted by atomic mass is 35.5. The largest absolute Gasteiger partial charge is 0.273 e. The third-order valence-electron chi connectivity index (χ3n) is 1.98. The van der Waals surface area contributed by atoms with E-state index in [4.69, 9.17) is 11.8 Å². The summed E-state index contributed by atoms with van der Waals surface area (Å²) in [6.45, 7) is 4.30. The molecule has 0 aromatic heterocycles. The number of rotatable bonds is 3. The van der Waals surface area contributed by atoms with Gasteiger partial charge in [0.2, 0.25) is 5.91 Å². The molecule has 0 bridgehead atoms. The van der Waals surface area contributed by atoms with Gasteiger partial charge in [0.05, 0.1) is 0 Å². The van der Waals surface area contributed by atoms with Crippen LogP contribution in [0.25, 0.3) is 0 Å². The molecule has 11 heavy (non-hydrogen) atoms. The van der Waals surface area contributed by atoms with Crippen LogP contribution >= 0.6 is 11.8 Å². The summed E-state index contributed by atoms with van der Waals surface area (Å²) >= 11 is 5.59. The molecule has 1 rings (SSSR count). The fourth-order valence-electron chi connectivity index (χ4n) is 1.29. The molecular formula is C8H12ClNO. The Hall–Kier alpha value is -0.500. The van der Waals surface area contributed by atoms with Crippen LogP contribution in [-0.2, 0) is 4.79 Å². The van der Waals surface area contributed by atoms with Crippen molar-refractivity contribution in [3.05, 3.63) is 12.7 Å². The van der Waals surface area contributed by atoms with Crippen LogP contribution in [0.4, 0.5) is 0 Å². The van der Waals surface area contributed by atoms with Gasteiger partial charge in [0.1, 0.15) is 0 Å². The summed E-state index contributed by atoms with van der Waals surface area (Å²) in [4.78, 5) is 11.2. The molecular weight excluding hydrogens is 162 g/mol. The Balaban J connectivity index is 2.36. The highest BCUT2D eigenvalue weighted by Gasteiger charge is 2.29. The Morgan fingerprint density at radius 3 is 3.00 bits per heavy atom. The van der Waals surface area contributed by atoms with Crippen LogP contribution in [0.15, 0.2) is 12.7 Å². The van der Waals surface area contributed by atoms with Crippen molar-refractivity contribution < 1.29 is 4.79 Å². The van der Waals surface area contributed by atoms with Gasteiger partial charge >= 0.3 is 0 Å². The Morgan fingerprint density at radius 1 is 1.82 bits per heavy atom. The zero-order chi connectivity index (χ0) is 8.27. The Kier molecular flexibility index (Phi) is 2.94. The van der Waals surface area contributed by atoms with Crippen LogP contribution in [0.5, 0.6) is 0 Å². The van der Waals surface area contributed by atoms with Crippen LogP contribution in [-0.4, -0.2) is 16.9 Å². The minimum absolute atomic E-state index is 0.0773. The van der Waals surface area contributed by atoms with Crippen LogP contribution < -0.4 is 0 Å². The minimum Gasteiger partial charge on any atom is -0.273 e. The van der Waals surface area contributed by atoms with Crippen LogP contribution in [0.2, 0.25) is 0 Å². The van der Waals surface area contributed by atoms with Crippen molar-refractivity contribution in [3.8, 4) is 0 Å². The van der Waals surface area contributed by atoms with Gasteiger partial charge in [-0.1, -0.05) is 6.08 Å². The average Bonchev–Trinajstić information content (AvgIpc) is 2.31. The summed E-state index contributed by atoms with van der Waals surface area (Å²) < 4.78 is 1.29. The van der Waals surface area contributed by atoms with E-state index in [1.54, 1.807) is 0 Å². The number of amides is 1. The lowest BCUT2D eigenvalue weighted by Gasteiger charge is -2.05. The van der Waals surface area contributed by atoms with Gasteiger partial charge in [0.25, 0.3) is 0 Å². The van der Waals surface area contributed by atoms with E-state index in [0.717, 1.165) is 19.3 Å². The molecule has 2 nitrogen and oxygen atoms in total. The molecule has 1 atom stereocenters. The second-order valence-electron chi connectivity index (χ2n) is 2.78. The molecule has 0 aromatic carbocycles. The molecule has 1 heterocycles. The highest BCUT2D eigenvalue weighted by Crippen LogP contribution is 2.23. The molecule has 0 aromatic rings. The average molecular weight is 174 g/mol. The Morgan fingerprint density at radius 2 is 2.55 bits per heavy atom. The first-order chi connectivity index (χ1) is 5.25. The summed E-state index contributed by atoms with van der Waals surface area (Å²) in [6, 6.07) is 0. The first-order valence-electron chi connectivity index (χ1n) is 3.83. The fraction of sp³-hybridized carbons (Fsp3) is 0.625. The van der Waals surface area contributed by atoms with Gasteiger partial charge in [-0.2, -0.15) is 0 Å². The van der Waals surface area contributed by atoms with Crippen molar-refractivity contribution in [1.82, 2.24) is 4.42 Å². The highest BCUT2D eigenvalue weighted by molar-refractivity contribution is 6.22. The first-order valence-corrected chi connectivity index (χ1v) is 4.17. The van der Waals surface area contributed by atoms with Crippen LogP contribution in [0.1, 0.15) is 19.3 Å². The van der Waals surface area contributed by atoms with E-state index in [-0.39, 0.29) is 11.8 Å². The molecule has 1 aliphatic heterocycles. The van der Waals surface area contributed by atoms with Crippen molar-refractivity contribution in [2.75, 3.05) is 6.54 Å². The summed E-state index contributed by atoms with van der Waals surface area (Å²) in [5.74, 6) is 0.221. The SMILES string of the molecule is C=CCCC1CCN(Cl)C1=O. The maximum atomic E-state index is 11.2. The van der Waals surface area contributed by atoms with E-state index in [0.29, 0.717) is 6.54 Å². The van der Waals surface area contributed by atoms with Crippen molar-refractivity contribution in [1.29, 1.82) is 0 Å². The van der Waals surface area contributed by atoms with Gasteiger partial charge in [-0.25, -0.2) is 0 Å². The predicted octanol–water partition coefficient (Wildman–Crippen LogP) is 1.95. The lowest BCUT2D eigenvalue weighted by molar-refractivity contribution is -0.127. The first kappa shape index (κ1) is 8.60. The molecule has 1 fully saturated rings. The topological polar surface area (TPSA) is 20.3 Å². The van der Waals surface area contributed by atoms with E-state index >= 15 is 0 Å². The van der Waals surface area contributed by atoms with Gasteiger partial charge in [0, 0.05) is 24.2 Å². The quantitative estimate of drug-likeness (QED) is 0.472. The van der Waals surface area contributed by atoms with Gasteiger partial charge in [-0.05, 0) is 19.3 Å². The summed E-state index contributed by atoms with van der Waals surface area (Å²) in [6.07, 6.45) is 4.53. The number of nitrogens with zero attached hydrogens (tertiary/aromatic N) is 1. The molecule has 62 valence electrons. The summed E-state index contributed by atoms with van der Waals surface area (Å²) in [5.41, 5.74) is 0. The molecule has 0 N–H and O–H groups in total. The normalized spacial score (nSPS) is 24.3. The third-order valence-corrected chi connectivity index (χ3v) is 2.32. The van der Waals surface area contributed by atoms with Crippen LogP contribution in [0.3, 0.4) is 0 Å². The maximum absolute atomic E-state index is 11.2. The number of hydrogen-bond acceptors (Lipinski definition) is 1. The van der Waals surface area contributed by atoms with Crippen molar-refractivity contribution in [2.45, 2.75) is 19.3 Å². The molecule has 1 unspecified atom stereocenters. The number of hydrogen-bond donors (Lipinski definition) is 0. The smallest absolute Gasteiger partial charge is 0.240 e. The number of halogens is 1. The van der Waals surface area contributed by atoms with E-state index in [1.807, 2.05) is 6.08 Å². The van der Waals surface area contributed by atoms with E-state index < -0.39 is 0 Å². The molecule has 0 radical (unpaired) electrons. The monoisotopic (exact) mass is 173 g/mol. The molecule has 0 saturated carbocycles. The summed E-state index contributed by atoms with van der Waals surface area (Å²) in [7, 11) is 0. The minimum atomic E-state index is 0.0773. The van der Waals surface area contributed by atoms with Crippen LogP contribution in [0, 0.1) is 5.92 Å². The van der Waals surface area contributed by atoms with Crippen molar-refractivity contribution >= 4 is 17.7 Å². The number of allylic oxidation sites excluding steroid dienone is 1. The second kappa shape index (κ2) is 3.77. The predicted molar refractivity (Wildman–Crippen MR) is 45.1 cm³/mol.